The van der Waals surface area contributed by atoms with Gasteiger partial charge in [0, 0.05) is 60.3 Å². The summed E-state index contributed by atoms with van der Waals surface area (Å²) in [7, 11) is -8.44. The molecular formula is C39H44F4N3O10S2+. The van der Waals surface area contributed by atoms with Crippen LogP contribution in [0.2, 0.25) is 0 Å². The maximum Gasteiger partial charge on any atom is 0.333 e. The minimum absolute atomic E-state index is 0.0264. The summed E-state index contributed by atoms with van der Waals surface area (Å²) in [6, 6.07) is 11.4. The molecule has 1 atom stereocenters. The van der Waals surface area contributed by atoms with E-state index in [1.807, 2.05) is 35.0 Å². The number of unbranched alkanes of at least 4 members (excludes halogenated alkanes) is 4. The van der Waals surface area contributed by atoms with Crippen LogP contribution >= 0.6 is 0 Å². The van der Waals surface area contributed by atoms with E-state index in [1.165, 1.54) is 4.90 Å². The lowest BCUT2D eigenvalue weighted by atomic mass is 9.76. The van der Waals surface area contributed by atoms with Gasteiger partial charge in [-0.3, -0.25) is 9.11 Å². The zero-order valence-corrected chi connectivity index (χ0v) is 33.1. The molecule has 0 aliphatic carbocycles. The molecule has 19 heteroatoms. The van der Waals surface area contributed by atoms with Gasteiger partial charge in [-0.05, 0) is 56.7 Å². The van der Waals surface area contributed by atoms with Crippen molar-refractivity contribution in [3.05, 3.63) is 101 Å². The molecule has 0 saturated heterocycles. The first-order valence-electron chi connectivity index (χ1n) is 18.5. The molecule has 4 aromatic rings. The fourth-order valence-corrected chi connectivity index (χ4v) is 8.42. The number of aryl methyl sites for hydroxylation is 1. The summed E-state index contributed by atoms with van der Waals surface area (Å²) in [6.07, 6.45) is 8.16. The maximum absolute atomic E-state index is 15.9. The normalized spacial score (nSPS) is 16.5. The van der Waals surface area contributed by atoms with Gasteiger partial charge in [-0.15, -0.1) is 4.73 Å². The fraction of sp³-hybridized carbons (Fsp3) is 0.385. The predicted molar refractivity (Wildman–Crippen MR) is 206 cm³/mol. The number of pyridine rings is 1. The molecule has 2 aromatic heterocycles. The fourth-order valence-electron chi connectivity index (χ4n) is 7.28. The Bertz CT molecular complexity index is 2440. The van der Waals surface area contributed by atoms with Crippen molar-refractivity contribution in [3.8, 4) is 11.8 Å². The zero-order valence-electron chi connectivity index (χ0n) is 31.5. The van der Waals surface area contributed by atoms with Crippen molar-refractivity contribution < 1.29 is 67.9 Å². The monoisotopic (exact) mass is 854 g/mol. The van der Waals surface area contributed by atoms with Gasteiger partial charge in [-0.1, -0.05) is 37.1 Å². The van der Waals surface area contributed by atoms with Crippen molar-refractivity contribution in [2.24, 2.45) is 0 Å². The van der Waals surface area contributed by atoms with Gasteiger partial charge >= 0.3 is 5.97 Å². The lowest BCUT2D eigenvalue weighted by Gasteiger charge is -2.30. The third kappa shape index (κ3) is 10.4. The number of carbonyl (C=O) groups is 1. The van der Waals surface area contributed by atoms with Crippen LogP contribution < -0.4 is 14.3 Å². The first-order valence-corrected chi connectivity index (χ1v) is 21.7. The van der Waals surface area contributed by atoms with E-state index >= 15 is 8.78 Å². The van der Waals surface area contributed by atoms with E-state index in [0.717, 1.165) is 28.6 Å². The summed E-state index contributed by atoms with van der Waals surface area (Å²) in [4.78, 5) is 18.6. The highest BCUT2D eigenvalue weighted by Gasteiger charge is 2.49. The summed E-state index contributed by atoms with van der Waals surface area (Å²) in [6.45, 7) is 1.85. The number of hydrogen-bond donors (Lipinski definition) is 4. The maximum atomic E-state index is 15.9. The van der Waals surface area contributed by atoms with Crippen molar-refractivity contribution in [1.82, 2.24) is 4.73 Å². The number of aromatic nitrogens is 2. The Morgan fingerprint density at radius 2 is 1.47 bits per heavy atom. The van der Waals surface area contributed by atoms with Crippen molar-refractivity contribution >= 4 is 48.9 Å². The minimum atomic E-state index is -4.35. The smallest absolute Gasteiger partial charge is 0.333 e. The van der Waals surface area contributed by atoms with Crippen LogP contribution in [0.15, 0.2) is 66.5 Å². The second-order valence-electron chi connectivity index (χ2n) is 14.2. The third-order valence-corrected chi connectivity index (χ3v) is 11.6. The quantitative estimate of drug-likeness (QED) is 0.0201. The van der Waals surface area contributed by atoms with Gasteiger partial charge in [0.15, 0.2) is 29.5 Å². The van der Waals surface area contributed by atoms with Crippen molar-refractivity contribution in [1.29, 1.82) is 0 Å². The number of aromatic hydroxyl groups is 2. The molecule has 5 rings (SSSR count). The van der Waals surface area contributed by atoms with Crippen LogP contribution in [0.4, 0.5) is 23.2 Å². The number of hydrogen-bond acceptors (Lipinski definition) is 9. The minimum Gasteiger partial charge on any atom is -0.492 e. The van der Waals surface area contributed by atoms with Gasteiger partial charge in [0.05, 0.1) is 22.6 Å². The highest BCUT2D eigenvalue weighted by molar-refractivity contribution is 7.86. The number of anilines is 1. The van der Waals surface area contributed by atoms with Gasteiger partial charge in [-0.25, -0.2) is 22.4 Å². The molecule has 1 aliphatic rings. The third-order valence-electron chi connectivity index (χ3n) is 10.0. The van der Waals surface area contributed by atoms with Crippen LogP contribution in [0.3, 0.4) is 0 Å². The Kier molecular flexibility index (Phi) is 13.9. The molecule has 13 nitrogen and oxygen atoms in total. The first-order chi connectivity index (χ1) is 27.3. The Balaban J connectivity index is 1.46. The van der Waals surface area contributed by atoms with Crippen LogP contribution in [0.25, 0.3) is 17.0 Å². The van der Waals surface area contributed by atoms with Crippen LogP contribution in [-0.4, -0.2) is 64.9 Å². The number of benzene rings is 2. The van der Waals surface area contributed by atoms with Crippen LogP contribution in [0, 0.1) is 23.3 Å². The molecule has 3 heterocycles. The summed E-state index contributed by atoms with van der Waals surface area (Å²) < 4.78 is 128. The number of carbonyl (C=O) groups excluding carboxylic acids is 1. The summed E-state index contributed by atoms with van der Waals surface area (Å²) in [5.41, 5.74) is -0.669. The van der Waals surface area contributed by atoms with Crippen molar-refractivity contribution in [3.63, 3.8) is 0 Å². The van der Waals surface area contributed by atoms with Gasteiger partial charge in [0.1, 0.15) is 6.54 Å². The molecule has 2 aromatic carbocycles. The second-order valence-corrected chi connectivity index (χ2v) is 17.4. The highest BCUT2D eigenvalue weighted by atomic mass is 32.2. The standard InChI is InChI=1S/C39H43F4N3O10S2/c1-39(20-4-2-3-17-32(49)56-46-30(47)18-19-31(46)48)29(45(23-6-8-25-58(53,54)55)38-33(39)34(40)35(41)36(42)37(38)43)16-10-13-26-12-9-15-28-27(26)14-11-22-44(28)21-5-7-24-57(50,51)52/h9-16,18-19,22H,2-8,17,20-21,23-25H2,1H3,(H3-,47,48,50,51,52,53,54,55)/p+1. The van der Waals surface area contributed by atoms with E-state index in [4.69, 9.17) is 9.39 Å². The average Bonchev–Trinajstić information content (AvgIpc) is 3.60. The molecule has 1 unspecified atom stereocenters. The average molecular weight is 855 g/mol. The number of nitrogens with zero attached hydrogens (tertiary/aromatic N) is 3. The highest BCUT2D eigenvalue weighted by Crippen LogP contribution is 2.54. The van der Waals surface area contributed by atoms with Gasteiger partial charge in [0.2, 0.25) is 17.3 Å². The summed E-state index contributed by atoms with van der Waals surface area (Å²) >= 11 is 0. The molecule has 0 radical (unpaired) electrons. The van der Waals surface area contributed by atoms with E-state index in [-0.39, 0.29) is 62.9 Å². The topological polar surface area (TPSA) is 188 Å². The van der Waals surface area contributed by atoms with E-state index in [9.17, 15) is 45.2 Å². The van der Waals surface area contributed by atoms with Crippen LogP contribution in [-0.2, 0) is 37.0 Å². The van der Waals surface area contributed by atoms with Crippen LogP contribution in [0.5, 0.6) is 11.8 Å². The lowest BCUT2D eigenvalue weighted by molar-refractivity contribution is -0.671. The van der Waals surface area contributed by atoms with Gasteiger partial charge < -0.3 is 20.0 Å². The molecule has 58 heavy (non-hydrogen) atoms. The summed E-state index contributed by atoms with van der Waals surface area (Å²) in [5, 5.41) is 20.3. The number of rotatable bonds is 19. The molecule has 0 bridgehead atoms. The van der Waals surface area contributed by atoms with Crippen LogP contribution in [0.1, 0.15) is 75.8 Å². The molecule has 314 valence electrons. The van der Waals surface area contributed by atoms with E-state index in [2.05, 4.69) is 0 Å². The number of halogens is 4. The molecule has 1 aliphatic heterocycles. The number of allylic oxidation sites excluding steroid dienone is 3. The van der Waals surface area contributed by atoms with Gasteiger partial charge in [0.25, 0.3) is 20.2 Å². The van der Waals surface area contributed by atoms with Crippen molar-refractivity contribution in [2.45, 2.75) is 76.7 Å². The van der Waals surface area contributed by atoms with E-state index in [0.29, 0.717) is 24.1 Å². The number of fused-ring (bicyclic) bond motifs is 2. The predicted octanol–water partition coefficient (Wildman–Crippen LogP) is 6.51. The van der Waals surface area contributed by atoms with E-state index < -0.39 is 83.7 Å². The Labute approximate surface area is 332 Å². The van der Waals surface area contributed by atoms with Gasteiger partial charge in [-0.2, -0.15) is 21.4 Å². The molecule has 4 N–H and O–H groups in total. The molecule has 0 amide bonds. The largest absolute Gasteiger partial charge is 0.492 e. The Morgan fingerprint density at radius 1 is 0.810 bits per heavy atom. The Morgan fingerprint density at radius 3 is 2.14 bits per heavy atom. The zero-order chi connectivity index (χ0) is 42.4. The molecular weight excluding hydrogens is 811 g/mol. The first kappa shape index (κ1) is 44.1. The molecule has 0 saturated carbocycles. The summed E-state index contributed by atoms with van der Waals surface area (Å²) in [5.74, 6) is -9.98. The SMILES string of the molecule is CC1(CCCCCC(=O)On2c(O)ccc2O)C(=CC=Cc2cccc3c2ccc[n+]3CCCCS(=O)(=O)O)N(CCCCS(=O)(=O)O)c2c(F)c(F)c(F)c(F)c21. The second kappa shape index (κ2) is 18.3. The Hall–Kier alpha value is -4.98. The molecule has 0 fully saturated rings. The molecule has 0 spiro atoms. The van der Waals surface area contributed by atoms with E-state index in [1.54, 1.807) is 31.2 Å². The van der Waals surface area contributed by atoms with Crippen molar-refractivity contribution in [2.75, 3.05) is 23.0 Å². The lowest BCUT2D eigenvalue weighted by Crippen LogP contribution is -2.34.